The maximum atomic E-state index is 12.6. The predicted octanol–water partition coefficient (Wildman–Crippen LogP) is 8.39. The third-order valence-electron chi connectivity index (χ3n) is 18.8. The number of benzene rings is 2. The highest BCUT2D eigenvalue weighted by Crippen LogP contribution is 2.52. The Hall–Kier alpha value is -4.60. The molecule has 2 fully saturated rings. The van der Waals surface area contributed by atoms with Crippen molar-refractivity contribution >= 4 is 45.2 Å². The second kappa shape index (κ2) is 61.7. The van der Waals surface area contributed by atoms with Crippen molar-refractivity contribution < 1.29 is 147 Å². The summed E-state index contributed by atoms with van der Waals surface area (Å²) in [6.07, 6.45) is 15.0. The Morgan fingerprint density at radius 1 is 0.452 bits per heavy atom. The first-order valence-corrected chi connectivity index (χ1v) is 42.3. The molecule has 1 unspecified atom stereocenters. The van der Waals surface area contributed by atoms with Crippen LogP contribution in [0.15, 0.2) is 93.0 Å². The SMILES string of the molecule is COCCOCCOCCOCCOCCOCCOCCOCCOCCOOCCN1C(=CC=C2CCC(=CC=C3N(CCCCCC(=O)O)c4ccc(SOOO)cc4C3(C)CCOOCCOCCOCCOCCOCCOCCOCCOCCOCCOC)C2=[N+]2CCCC2)C(C)(C)c2cc(S(=O)(=O)O)ccc21. The molecule has 4 aliphatic rings. The van der Waals surface area contributed by atoms with Gasteiger partial charge in [0.15, 0.2) is 0 Å². The Balaban J connectivity index is 0.967. The monoisotopic (exact) mass is 1680 g/mol. The minimum absolute atomic E-state index is 0.0848. The zero-order chi connectivity index (χ0) is 82.0. The number of fused-ring (bicyclic) bond motifs is 2. The summed E-state index contributed by atoms with van der Waals surface area (Å²) in [5.74, 6) is -0.827. The molecule has 0 radical (unpaired) electrons. The lowest BCUT2D eigenvalue weighted by molar-refractivity contribution is -0.505. The third-order valence-corrected chi connectivity index (χ3v) is 20.3. The van der Waals surface area contributed by atoms with E-state index in [1.54, 1.807) is 26.4 Å². The molecule has 2 aromatic carbocycles. The smallest absolute Gasteiger partial charge is 0.303 e. The summed E-state index contributed by atoms with van der Waals surface area (Å²) in [5, 5.41) is 22.7. The van der Waals surface area contributed by atoms with Crippen LogP contribution in [0.1, 0.15) is 89.7 Å². The van der Waals surface area contributed by atoms with Gasteiger partial charge in [-0.25, -0.2) is 29.4 Å². The molecule has 115 heavy (non-hydrogen) atoms. The van der Waals surface area contributed by atoms with Crippen LogP contribution in [0, 0.1) is 0 Å². The number of anilines is 2. The van der Waals surface area contributed by atoms with Gasteiger partial charge in [-0.05, 0) is 98.7 Å². The molecule has 6 rings (SSSR count). The number of carboxylic acid groups (broad SMARTS) is 1. The number of carboxylic acids is 1. The number of hydrogen-bond acceptors (Lipinski definition) is 31. The fourth-order valence-corrected chi connectivity index (χ4v) is 13.9. The van der Waals surface area contributed by atoms with Crippen molar-refractivity contribution in [3.8, 4) is 0 Å². The molecule has 1 atom stereocenters. The van der Waals surface area contributed by atoms with Crippen LogP contribution in [0.25, 0.3) is 0 Å². The summed E-state index contributed by atoms with van der Waals surface area (Å²) in [7, 11) is -1.24. The fraction of sp³-hybridized carbons (Fsp3) is 0.725. The van der Waals surface area contributed by atoms with E-state index in [0.717, 1.165) is 96.7 Å². The summed E-state index contributed by atoms with van der Waals surface area (Å²) >= 11 is 0.881. The van der Waals surface area contributed by atoms with Crippen LogP contribution in [-0.2, 0) is 140 Å². The van der Waals surface area contributed by atoms with Crippen LogP contribution < -0.4 is 9.80 Å². The van der Waals surface area contributed by atoms with Crippen LogP contribution >= 0.6 is 12.0 Å². The van der Waals surface area contributed by atoms with Gasteiger partial charge in [-0.2, -0.15) is 8.42 Å². The molecule has 33 nitrogen and oxygen atoms in total. The summed E-state index contributed by atoms with van der Waals surface area (Å²) in [4.78, 5) is 39.4. The molecule has 3 N–H and O–H groups in total. The zero-order valence-corrected chi connectivity index (χ0v) is 70.0. The second-order valence-electron chi connectivity index (χ2n) is 27.4. The molecule has 3 aliphatic heterocycles. The predicted molar refractivity (Wildman–Crippen MR) is 426 cm³/mol. The first kappa shape index (κ1) is 99.2. The number of unbranched alkanes of at least 4 members (excludes halogenated alkanes) is 2. The number of allylic oxidation sites excluding steroid dienone is 8. The summed E-state index contributed by atoms with van der Waals surface area (Å²) < 4.78 is 141. The van der Waals surface area contributed by atoms with Gasteiger partial charge >= 0.3 is 5.97 Å². The first-order valence-electron chi connectivity index (χ1n) is 40.1. The molecular weight excluding hydrogens is 1550 g/mol. The second-order valence-corrected chi connectivity index (χ2v) is 29.6. The van der Waals surface area contributed by atoms with Gasteiger partial charge in [0.1, 0.15) is 32.9 Å². The quantitative estimate of drug-likeness (QED) is 0.0140. The average Bonchev–Trinajstić information content (AvgIpc) is 1.59. The van der Waals surface area contributed by atoms with Crippen LogP contribution in [0.3, 0.4) is 0 Å². The molecular formula is C80H130N3O30S2+. The summed E-state index contributed by atoms with van der Waals surface area (Å²) in [6, 6.07) is 10.7. The molecule has 0 aromatic heterocycles. The van der Waals surface area contributed by atoms with Crippen LogP contribution in [-0.4, -0.2) is 331 Å². The van der Waals surface area contributed by atoms with Gasteiger partial charge < -0.3 is 100 Å². The number of methoxy groups -OCH3 is 2. The Morgan fingerprint density at radius 3 is 1.23 bits per heavy atom. The van der Waals surface area contributed by atoms with Crippen molar-refractivity contribution in [3.63, 3.8) is 0 Å². The van der Waals surface area contributed by atoms with Gasteiger partial charge in [0.2, 0.25) is 5.71 Å². The molecule has 3 heterocycles. The van der Waals surface area contributed by atoms with E-state index >= 15 is 0 Å². The van der Waals surface area contributed by atoms with Gasteiger partial charge in [-0.15, -0.1) is 4.33 Å². The number of rotatable bonds is 74. The normalized spacial score (nSPS) is 17.6. The fourth-order valence-electron chi connectivity index (χ4n) is 13.0. The Morgan fingerprint density at radius 2 is 0.826 bits per heavy atom. The molecule has 1 aliphatic carbocycles. The molecule has 1 saturated carbocycles. The third kappa shape index (κ3) is 39.6. The van der Waals surface area contributed by atoms with Gasteiger partial charge in [0.05, 0.1) is 248 Å². The van der Waals surface area contributed by atoms with Gasteiger partial charge in [-0.1, -0.05) is 37.5 Å². The van der Waals surface area contributed by atoms with Gasteiger partial charge in [-0.3, -0.25) is 9.35 Å². The van der Waals surface area contributed by atoms with E-state index in [-0.39, 0.29) is 51.0 Å². The van der Waals surface area contributed by atoms with E-state index < -0.39 is 26.9 Å². The highest BCUT2D eigenvalue weighted by atomic mass is 32.2. The van der Waals surface area contributed by atoms with E-state index in [0.29, 0.717) is 249 Å². The Kier molecular flexibility index (Phi) is 53.2. The summed E-state index contributed by atoms with van der Waals surface area (Å²) in [6.45, 7) is 25.2. The average molecular weight is 1680 g/mol. The first-order chi connectivity index (χ1) is 56.2. The van der Waals surface area contributed by atoms with Crippen molar-refractivity contribution in [2.75, 3.05) is 301 Å². The van der Waals surface area contributed by atoms with Crippen molar-refractivity contribution in [3.05, 3.63) is 94.4 Å². The molecule has 656 valence electrons. The number of hydrogen-bond donors (Lipinski definition) is 3. The van der Waals surface area contributed by atoms with Crippen molar-refractivity contribution in [2.24, 2.45) is 0 Å². The molecule has 35 heteroatoms. The maximum Gasteiger partial charge on any atom is 0.303 e. The highest BCUT2D eigenvalue weighted by molar-refractivity contribution is 7.94. The highest BCUT2D eigenvalue weighted by Gasteiger charge is 2.45. The maximum absolute atomic E-state index is 12.6. The lowest BCUT2D eigenvalue weighted by Gasteiger charge is -2.30. The molecule has 0 spiro atoms. The topological polar surface area (TPSA) is 343 Å². The van der Waals surface area contributed by atoms with Crippen LogP contribution in [0.5, 0.6) is 0 Å². The van der Waals surface area contributed by atoms with Crippen molar-refractivity contribution in [1.29, 1.82) is 0 Å². The minimum Gasteiger partial charge on any atom is -0.481 e. The molecule has 1 saturated heterocycles. The van der Waals surface area contributed by atoms with E-state index in [2.05, 4.69) is 50.6 Å². The summed E-state index contributed by atoms with van der Waals surface area (Å²) in [5.41, 5.74) is 7.57. The van der Waals surface area contributed by atoms with Crippen molar-refractivity contribution in [1.82, 2.24) is 0 Å². The van der Waals surface area contributed by atoms with Crippen LogP contribution in [0.2, 0.25) is 0 Å². The number of aliphatic carboxylic acids is 1. The zero-order valence-electron chi connectivity index (χ0n) is 68.4. The van der Waals surface area contributed by atoms with Gasteiger partial charge in [0, 0.05) is 96.2 Å². The lowest BCUT2D eigenvalue weighted by atomic mass is 9.78. The number of carbonyl (C=O) groups is 1. The Labute approximate surface area is 683 Å². The number of nitrogens with zero attached hydrogens (tertiary/aromatic N) is 3. The lowest BCUT2D eigenvalue weighted by Crippen LogP contribution is -2.30. The molecule has 0 bridgehead atoms. The minimum atomic E-state index is -4.51. The van der Waals surface area contributed by atoms with E-state index in [9.17, 15) is 22.9 Å². The van der Waals surface area contributed by atoms with Crippen LogP contribution in [0.4, 0.5) is 11.4 Å². The van der Waals surface area contributed by atoms with E-state index in [1.165, 1.54) is 17.4 Å². The number of ether oxygens (including phenoxy) is 18. The van der Waals surface area contributed by atoms with E-state index in [4.69, 9.17) is 114 Å². The van der Waals surface area contributed by atoms with E-state index in [1.807, 2.05) is 32.0 Å². The molecule has 0 amide bonds. The standard InChI is InChI=1S/C80H129N3O30S2/c1-79(2)71-66-70(115(87,88)89)17-19-73(71)83(26-28-109-111-64-62-107-60-58-105-56-54-103-52-50-101-48-46-99-44-42-97-40-38-95-36-34-93-32-30-91-5)75(79)20-14-67-12-13-68(78(67)81-23-9-10-24-81)15-21-76-80(3,72-65-69(114-113-112-86)16-18-74(72)82(76)25-8-6-7-11-77(84)85)22-27-108-110-63-61-106-59-57-104-55-53-102-51-49-100-47-45-98-43-41-96-39-37-94-35-33-92-31-29-90-4/h14-21,65-66H,6-13,22-64H2,1-5H3,(H2-,84,85,86,87,88,89)/p+1. The largest absolute Gasteiger partial charge is 0.481 e. The van der Waals surface area contributed by atoms with Crippen molar-refractivity contribution in [2.45, 2.75) is 99.2 Å². The van der Waals surface area contributed by atoms with Gasteiger partial charge in [0.25, 0.3) is 10.1 Å². The molecule has 2 aromatic rings. The Bertz CT molecular complexity index is 3210.